The maximum atomic E-state index is 11.1. The normalized spacial score (nSPS) is 14.4. The molecular weight excluding hydrogens is 222 g/mol. The molecular formula is C11H11N3O3. The van der Waals surface area contributed by atoms with E-state index >= 15 is 0 Å². The van der Waals surface area contributed by atoms with Crippen molar-refractivity contribution in [2.75, 3.05) is 6.54 Å². The van der Waals surface area contributed by atoms with Crippen molar-refractivity contribution < 1.29 is 14.7 Å². The maximum absolute atomic E-state index is 11.1. The molecule has 6 nitrogen and oxygen atoms in total. The topological polar surface area (TPSA) is 91.7 Å². The molecule has 0 fully saturated rings. The molecule has 88 valence electrons. The molecule has 17 heavy (non-hydrogen) atoms. The van der Waals surface area contributed by atoms with Crippen LogP contribution in [-0.4, -0.2) is 34.3 Å². The molecule has 2 N–H and O–H groups in total. The molecule has 0 unspecified atom stereocenters. The Morgan fingerprint density at radius 3 is 2.88 bits per heavy atom. The highest BCUT2D eigenvalue weighted by Crippen LogP contribution is 2.12. The number of hydrogen-bond acceptors (Lipinski definition) is 4. The number of carbonyl (C=O) groups excluding carboxylic acids is 1. The van der Waals surface area contributed by atoms with Crippen molar-refractivity contribution in [3.63, 3.8) is 0 Å². The van der Waals surface area contributed by atoms with Gasteiger partial charge in [-0.2, -0.15) is 0 Å². The largest absolute Gasteiger partial charge is 0.478 e. The predicted molar refractivity (Wildman–Crippen MR) is 60.1 cm³/mol. The van der Waals surface area contributed by atoms with Gasteiger partial charge in [0.2, 0.25) is 5.91 Å². The van der Waals surface area contributed by atoms with Crippen LogP contribution in [0.5, 0.6) is 0 Å². The Bertz CT molecular complexity index is 523. The molecule has 0 aliphatic carbocycles. The van der Waals surface area contributed by atoms with E-state index in [0.29, 0.717) is 6.42 Å². The number of nitrogens with zero attached hydrogens (tertiary/aromatic N) is 2. The first kappa shape index (κ1) is 11.3. The van der Waals surface area contributed by atoms with Crippen LogP contribution >= 0.6 is 0 Å². The zero-order valence-electron chi connectivity index (χ0n) is 9.23. The van der Waals surface area contributed by atoms with Gasteiger partial charge in [0.25, 0.3) is 0 Å². The molecule has 2 rings (SSSR count). The van der Waals surface area contributed by atoms with Crippen LogP contribution in [0.3, 0.4) is 0 Å². The number of pyridine rings is 1. The van der Waals surface area contributed by atoms with Crippen LogP contribution in [0.25, 0.3) is 0 Å². The monoisotopic (exact) mass is 233 g/mol. The SMILES string of the molecule is CCc1cnc(C2=NCC(=O)N2)c(C(=O)O)c1. The molecule has 0 bridgehead atoms. The summed E-state index contributed by atoms with van der Waals surface area (Å²) in [4.78, 5) is 30.1. The molecule has 2 heterocycles. The van der Waals surface area contributed by atoms with Gasteiger partial charge in [-0.15, -0.1) is 0 Å². The zero-order valence-corrected chi connectivity index (χ0v) is 9.23. The molecule has 0 radical (unpaired) electrons. The van der Waals surface area contributed by atoms with Gasteiger partial charge in [-0.05, 0) is 18.1 Å². The highest BCUT2D eigenvalue weighted by Gasteiger charge is 2.22. The maximum Gasteiger partial charge on any atom is 0.338 e. The van der Waals surface area contributed by atoms with E-state index in [-0.39, 0.29) is 29.5 Å². The van der Waals surface area contributed by atoms with Crippen LogP contribution in [0.2, 0.25) is 0 Å². The number of aliphatic imine (C=N–C) groups is 1. The van der Waals surface area contributed by atoms with Gasteiger partial charge in [-0.3, -0.25) is 14.8 Å². The Morgan fingerprint density at radius 1 is 1.59 bits per heavy atom. The third-order valence-electron chi connectivity index (χ3n) is 2.45. The fourth-order valence-corrected chi connectivity index (χ4v) is 1.55. The Morgan fingerprint density at radius 2 is 2.35 bits per heavy atom. The van der Waals surface area contributed by atoms with Crippen LogP contribution in [-0.2, 0) is 11.2 Å². The Balaban J connectivity index is 2.46. The van der Waals surface area contributed by atoms with Gasteiger partial charge in [0.1, 0.15) is 12.2 Å². The smallest absolute Gasteiger partial charge is 0.338 e. The molecule has 0 saturated carbocycles. The van der Waals surface area contributed by atoms with E-state index in [1.807, 2.05) is 6.92 Å². The lowest BCUT2D eigenvalue weighted by Gasteiger charge is -2.06. The number of carboxylic acid groups (broad SMARTS) is 1. The van der Waals surface area contributed by atoms with Crippen molar-refractivity contribution in [3.8, 4) is 0 Å². The number of amidine groups is 1. The van der Waals surface area contributed by atoms with Gasteiger partial charge in [0, 0.05) is 6.20 Å². The summed E-state index contributed by atoms with van der Waals surface area (Å²) < 4.78 is 0. The molecule has 1 aromatic rings. The fraction of sp³-hybridized carbons (Fsp3) is 0.273. The predicted octanol–water partition coefficient (Wildman–Crippen LogP) is 0.219. The Labute approximate surface area is 97.4 Å². The van der Waals surface area contributed by atoms with Gasteiger partial charge < -0.3 is 10.4 Å². The minimum absolute atomic E-state index is 0.0194. The standard InChI is InChI=1S/C11H11N3O3/c1-2-6-3-7(11(16)17)9(12-4-6)10-13-5-8(15)14-10/h3-4H,2,5H2,1H3,(H,16,17)(H,13,14,15). The van der Waals surface area contributed by atoms with Crippen molar-refractivity contribution in [2.45, 2.75) is 13.3 Å². The minimum Gasteiger partial charge on any atom is -0.478 e. The summed E-state index contributed by atoms with van der Waals surface area (Å²) >= 11 is 0. The number of nitrogens with one attached hydrogen (secondary N) is 1. The first-order chi connectivity index (χ1) is 8.11. The summed E-state index contributed by atoms with van der Waals surface area (Å²) in [6.07, 6.45) is 2.29. The first-order valence-corrected chi connectivity index (χ1v) is 5.18. The van der Waals surface area contributed by atoms with E-state index in [9.17, 15) is 9.59 Å². The summed E-state index contributed by atoms with van der Waals surface area (Å²) in [7, 11) is 0. The van der Waals surface area contributed by atoms with E-state index in [2.05, 4.69) is 15.3 Å². The average molecular weight is 233 g/mol. The van der Waals surface area contributed by atoms with Crippen molar-refractivity contribution >= 4 is 17.7 Å². The highest BCUT2D eigenvalue weighted by molar-refractivity contribution is 6.15. The van der Waals surface area contributed by atoms with E-state index in [1.54, 1.807) is 12.3 Å². The highest BCUT2D eigenvalue weighted by atomic mass is 16.4. The van der Waals surface area contributed by atoms with Crippen LogP contribution in [0.1, 0.15) is 28.5 Å². The summed E-state index contributed by atoms with van der Waals surface area (Å²) in [5.74, 6) is -1.10. The quantitative estimate of drug-likeness (QED) is 0.781. The number of aromatic carboxylic acids is 1. The molecule has 1 aliphatic rings. The summed E-state index contributed by atoms with van der Waals surface area (Å²) in [5.41, 5.74) is 1.10. The van der Waals surface area contributed by atoms with Crippen LogP contribution < -0.4 is 5.32 Å². The molecule has 0 atom stereocenters. The third kappa shape index (κ3) is 2.15. The van der Waals surface area contributed by atoms with Crippen molar-refractivity contribution in [2.24, 2.45) is 4.99 Å². The lowest BCUT2D eigenvalue weighted by molar-refractivity contribution is -0.117. The number of aromatic nitrogens is 1. The Hall–Kier alpha value is -2.24. The molecule has 1 aromatic heterocycles. The molecule has 0 aromatic carbocycles. The van der Waals surface area contributed by atoms with Crippen molar-refractivity contribution in [1.29, 1.82) is 0 Å². The second kappa shape index (κ2) is 4.32. The van der Waals surface area contributed by atoms with Gasteiger partial charge in [-0.25, -0.2) is 4.79 Å². The van der Waals surface area contributed by atoms with E-state index in [4.69, 9.17) is 5.11 Å². The minimum atomic E-state index is -1.08. The number of rotatable bonds is 3. The first-order valence-electron chi connectivity index (χ1n) is 5.18. The third-order valence-corrected chi connectivity index (χ3v) is 2.45. The summed E-state index contributed by atoms with van der Waals surface area (Å²) in [6, 6.07) is 1.55. The van der Waals surface area contributed by atoms with Crippen molar-refractivity contribution in [3.05, 3.63) is 29.1 Å². The second-order valence-electron chi connectivity index (χ2n) is 3.61. The van der Waals surface area contributed by atoms with Gasteiger partial charge in [0.05, 0.1) is 5.56 Å². The van der Waals surface area contributed by atoms with Crippen LogP contribution in [0, 0.1) is 0 Å². The molecule has 0 saturated heterocycles. The van der Waals surface area contributed by atoms with Gasteiger partial charge >= 0.3 is 5.97 Å². The van der Waals surface area contributed by atoms with Gasteiger partial charge in [-0.1, -0.05) is 6.92 Å². The van der Waals surface area contributed by atoms with Crippen LogP contribution in [0.4, 0.5) is 0 Å². The number of aryl methyl sites for hydroxylation is 1. The van der Waals surface area contributed by atoms with E-state index < -0.39 is 5.97 Å². The zero-order chi connectivity index (χ0) is 12.4. The number of carboxylic acids is 1. The number of carbonyl (C=O) groups is 2. The second-order valence-corrected chi connectivity index (χ2v) is 3.61. The number of amides is 1. The molecule has 1 aliphatic heterocycles. The van der Waals surface area contributed by atoms with Crippen molar-refractivity contribution in [1.82, 2.24) is 10.3 Å². The average Bonchev–Trinajstić information content (AvgIpc) is 2.75. The lowest BCUT2D eigenvalue weighted by atomic mass is 10.1. The summed E-state index contributed by atoms with van der Waals surface area (Å²) in [6.45, 7) is 1.93. The van der Waals surface area contributed by atoms with Crippen LogP contribution in [0.15, 0.2) is 17.3 Å². The Kier molecular flexibility index (Phi) is 2.86. The fourth-order valence-electron chi connectivity index (χ4n) is 1.55. The summed E-state index contributed by atoms with van der Waals surface area (Å²) in [5, 5.41) is 11.6. The molecule has 1 amide bonds. The molecule has 6 heteroatoms. The molecule has 0 spiro atoms. The van der Waals surface area contributed by atoms with E-state index in [1.165, 1.54) is 0 Å². The number of hydrogen-bond donors (Lipinski definition) is 2. The van der Waals surface area contributed by atoms with Gasteiger partial charge in [0.15, 0.2) is 5.84 Å². The van der Waals surface area contributed by atoms with E-state index in [0.717, 1.165) is 5.56 Å². The lowest BCUT2D eigenvalue weighted by Crippen LogP contribution is -2.27.